The van der Waals surface area contributed by atoms with Gasteiger partial charge in [-0.15, -0.1) is 5.10 Å². The number of ether oxygens (including phenoxy) is 1. The van der Waals surface area contributed by atoms with Gasteiger partial charge in [0.2, 0.25) is 0 Å². The Balaban J connectivity index is 2.17. The van der Waals surface area contributed by atoms with Crippen molar-refractivity contribution in [1.82, 2.24) is 9.59 Å². The van der Waals surface area contributed by atoms with E-state index in [-0.39, 0.29) is 11.7 Å². The van der Waals surface area contributed by atoms with Crippen LogP contribution in [0.15, 0.2) is 18.2 Å². The lowest BCUT2D eigenvalue weighted by Crippen LogP contribution is -2.04. The Bertz CT molecular complexity index is 586. The maximum atomic E-state index is 13.6. The minimum Gasteiger partial charge on any atom is -0.494 e. The maximum Gasteiger partial charge on any atom is 0.165 e. The van der Waals surface area contributed by atoms with Crippen molar-refractivity contribution in [2.75, 3.05) is 7.11 Å². The van der Waals surface area contributed by atoms with Crippen molar-refractivity contribution in [3.63, 3.8) is 0 Å². The molecule has 1 aromatic carbocycles. The van der Waals surface area contributed by atoms with Gasteiger partial charge in [0.25, 0.3) is 0 Å². The molecule has 0 bridgehead atoms. The van der Waals surface area contributed by atoms with E-state index in [1.54, 1.807) is 12.1 Å². The first-order valence-electron chi connectivity index (χ1n) is 6.35. The summed E-state index contributed by atoms with van der Waals surface area (Å²) < 4.78 is 22.4. The molecule has 1 aromatic heterocycles. The van der Waals surface area contributed by atoms with Crippen molar-refractivity contribution in [2.24, 2.45) is 0 Å². The third kappa shape index (κ3) is 3.13. The molecule has 1 N–H and O–H groups in total. The van der Waals surface area contributed by atoms with Gasteiger partial charge in [0.15, 0.2) is 11.6 Å². The van der Waals surface area contributed by atoms with Gasteiger partial charge in [-0.05, 0) is 35.1 Å². The van der Waals surface area contributed by atoms with E-state index in [4.69, 9.17) is 4.74 Å². The summed E-state index contributed by atoms with van der Waals surface area (Å²) in [6.45, 7) is 4.00. The average molecular weight is 296 g/mol. The molecule has 1 atom stereocenters. The van der Waals surface area contributed by atoms with E-state index in [1.807, 2.05) is 13.8 Å². The highest BCUT2D eigenvalue weighted by Crippen LogP contribution is 2.29. The van der Waals surface area contributed by atoms with Crippen molar-refractivity contribution in [2.45, 2.75) is 32.3 Å². The SMILES string of the molecule is COc1ccc(CC(O)c2snnc2C(C)C)cc1F. The van der Waals surface area contributed by atoms with Gasteiger partial charge in [0.05, 0.1) is 23.8 Å². The number of aliphatic hydroxyl groups is 1. The summed E-state index contributed by atoms with van der Waals surface area (Å²) in [6, 6.07) is 4.69. The van der Waals surface area contributed by atoms with Gasteiger partial charge in [0, 0.05) is 6.42 Å². The molecule has 0 aliphatic rings. The Hall–Kier alpha value is -1.53. The standard InChI is InChI=1S/C14H17FN2O2S/c1-8(2)13-14(20-17-16-13)11(18)7-9-4-5-12(19-3)10(15)6-9/h4-6,8,11,18H,7H2,1-3H3. The fourth-order valence-electron chi connectivity index (χ4n) is 1.99. The fraction of sp³-hybridized carbons (Fsp3) is 0.429. The summed E-state index contributed by atoms with van der Waals surface area (Å²) in [4.78, 5) is 0.747. The van der Waals surface area contributed by atoms with Gasteiger partial charge in [0.1, 0.15) is 0 Å². The van der Waals surface area contributed by atoms with Crippen molar-refractivity contribution < 1.29 is 14.2 Å². The maximum absolute atomic E-state index is 13.6. The summed E-state index contributed by atoms with van der Waals surface area (Å²) in [6.07, 6.45) is -0.398. The van der Waals surface area contributed by atoms with Crippen molar-refractivity contribution in [3.8, 4) is 5.75 Å². The molecule has 0 saturated carbocycles. The number of aliphatic hydroxyl groups excluding tert-OH is 1. The Kier molecular flexibility index (Phi) is 4.67. The van der Waals surface area contributed by atoms with Crippen LogP contribution in [0.25, 0.3) is 0 Å². The number of hydrogen-bond donors (Lipinski definition) is 1. The monoisotopic (exact) mass is 296 g/mol. The topological polar surface area (TPSA) is 55.2 Å². The van der Waals surface area contributed by atoms with Crippen LogP contribution in [0.1, 0.15) is 42.0 Å². The molecule has 0 aliphatic carbocycles. The first kappa shape index (κ1) is 14.9. The van der Waals surface area contributed by atoms with Gasteiger partial charge in [-0.25, -0.2) is 4.39 Å². The molecule has 2 aromatic rings. The highest BCUT2D eigenvalue weighted by atomic mass is 32.1. The van der Waals surface area contributed by atoms with E-state index < -0.39 is 11.9 Å². The average Bonchev–Trinajstić information content (AvgIpc) is 2.88. The minimum atomic E-state index is -0.722. The van der Waals surface area contributed by atoms with E-state index in [2.05, 4.69) is 9.59 Å². The number of halogens is 1. The molecule has 0 aliphatic heterocycles. The first-order chi connectivity index (χ1) is 9.52. The van der Waals surface area contributed by atoms with Gasteiger partial charge in [-0.2, -0.15) is 0 Å². The van der Waals surface area contributed by atoms with E-state index in [0.29, 0.717) is 12.0 Å². The largest absolute Gasteiger partial charge is 0.494 e. The molecule has 0 fully saturated rings. The number of benzene rings is 1. The van der Waals surface area contributed by atoms with Crippen molar-refractivity contribution in [3.05, 3.63) is 40.2 Å². The summed E-state index contributed by atoms with van der Waals surface area (Å²) >= 11 is 1.19. The van der Waals surface area contributed by atoms with Crippen LogP contribution in [0, 0.1) is 5.82 Å². The van der Waals surface area contributed by atoms with Crippen LogP contribution < -0.4 is 4.74 Å². The van der Waals surface area contributed by atoms with Crippen LogP contribution >= 0.6 is 11.5 Å². The van der Waals surface area contributed by atoms with E-state index in [0.717, 1.165) is 10.6 Å². The quantitative estimate of drug-likeness (QED) is 0.921. The second kappa shape index (κ2) is 6.28. The molecule has 108 valence electrons. The third-order valence-electron chi connectivity index (χ3n) is 3.03. The van der Waals surface area contributed by atoms with Crippen molar-refractivity contribution >= 4 is 11.5 Å². The molecule has 4 nitrogen and oxygen atoms in total. The van der Waals surface area contributed by atoms with Crippen LogP contribution in [0.4, 0.5) is 4.39 Å². The predicted molar refractivity (Wildman–Crippen MR) is 75.6 cm³/mol. The Morgan fingerprint density at radius 1 is 1.40 bits per heavy atom. The third-order valence-corrected chi connectivity index (χ3v) is 3.88. The summed E-state index contributed by atoms with van der Waals surface area (Å²) in [5.41, 5.74) is 1.51. The zero-order valence-corrected chi connectivity index (χ0v) is 12.4. The zero-order chi connectivity index (χ0) is 14.7. The highest BCUT2D eigenvalue weighted by molar-refractivity contribution is 7.05. The Morgan fingerprint density at radius 2 is 2.15 bits per heavy atom. The van der Waals surface area contributed by atoms with Crippen LogP contribution in [0.5, 0.6) is 5.75 Å². The smallest absolute Gasteiger partial charge is 0.165 e. The van der Waals surface area contributed by atoms with Crippen LogP contribution in [0.3, 0.4) is 0 Å². The summed E-state index contributed by atoms with van der Waals surface area (Å²) in [7, 11) is 1.42. The fourth-order valence-corrected chi connectivity index (χ4v) is 2.78. The lowest BCUT2D eigenvalue weighted by atomic mass is 10.0. The zero-order valence-electron chi connectivity index (χ0n) is 11.6. The second-order valence-corrected chi connectivity index (χ2v) is 5.65. The Labute approximate surface area is 121 Å². The van der Waals surface area contributed by atoms with Gasteiger partial charge >= 0.3 is 0 Å². The lowest BCUT2D eigenvalue weighted by molar-refractivity contribution is 0.180. The predicted octanol–water partition coefficient (Wildman–Crippen LogP) is 3.09. The van der Waals surface area contributed by atoms with E-state index in [9.17, 15) is 9.50 Å². The number of aromatic nitrogens is 2. The molecule has 0 radical (unpaired) electrons. The number of nitrogens with zero attached hydrogens (tertiary/aromatic N) is 2. The van der Waals surface area contributed by atoms with Crippen molar-refractivity contribution in [1.29, 1.82) is 0 Å². The van der Waals surface area contributed by atoms with Crippen LogP contribution in [-0.2, 0) is 6.42 Å². The number of methoxy groups -OCH3 is 1. The van der Waals surface area contributed by atoms with Gasteiger partial charge < -0.3 is 9.84 Å². The molecule has 1 unspecified atom stereocenters. The molecule has 0 amide bonds. The minimum absolute atomic E-state index is 0.200. The second-order valence-electron chi connectivity index (χ2n) is 4.87. The van der Waals surface area contributed by atoms with E-state index in [1.165, 1.54) is 24.7 Å². The summed E-state index contributed by atoms with van der Waals surface area (Å²) in [5.74, 6) is -0.0275. The lowest BCUT2D eigenvalue weighted by Gasteiger charge is -2.12. The molecular formula is C14H17FN2O2S. The molecule has 0 spiro atoms. The van der Waals surface area contributed by atoms with Gasteiger partial charge in [-0.3, -0.25) is 0 Å². The number of rotatable bonds is 5. The molecule has 20 heavy (non-hydrogen) atoms. The Morgan fingerprint density at radius 3 is 2.75 bits per heavy atom. The summed E-state index contributed by atoms with van der Waals surface area (Å²) in [5, 5.41) is 14.3. The van der Waals surface area contributed by atoms with Crippen LogP contribution in [-0.4, -0.2) is 21.8 Å². The molecular weight excluding hydrogens is 279 g/mol. The molecule has 1 heterocycles. The van der Waals surface area contributed by atoms with Crippen LogP contribution in [0.2, 0.25) is 0 Å². The normalized spacial score (nSPS) is 12.7. The van der Waals surface area contributed by atoms with Gasteiger partial charge in [-0.1, -0.05) is 24.4 Å². The molecule has 6 heteroatoms. The number of hydrogen-bond acceptors (Lipinski definition) is 5. The molecule has 2 rings (SSSR count). The molecule has 0 saturated heterocycles. The first-order valence-corrected chi connectivity index (χ1v) is 7.13. The highest BCUT2D eigenvalue weighted by Gasteiger charge is 2.20. The van der Waals surface area contributed by atoms with E-state index >= 15 is 0 Å².